The Bertz CT molecular complexity index is 2880. The number of pyridine rings is 1. The number of aromatic nitrogens is 3. The molecule has 0 N–H and O–H groups in total. The lowest BCUT2D eigenvalue weighted by molar-refractivity contribution is 0.628. The molecule has 3 nitrogen and oxygen atoms in total. The molecule has 0 radical (unpaired) electrons. The molecule has 0 amide bonds. The summed E-state index contributed by atoms with van der Waals surface area (Å²) in [5.41, 5.74) is 10.8. The second-order valence-electron chi connectivity index (χ2n) is 13.3. The fourth-order valence-corrected chi connectivity index (χ4v) is 7.91. The first kappa shape index (κ1) is 29.4. The molecule has 6 aromatic carbocycles. The van der Waals surface area contributed by atoms with Gasteiger partial charge in [-0.15, -0.1) is 0 Å². The van der Waals surface area contributed by atoms with E-state index in [0.717, 1.165) is 34.6 Å². The van der Waals surface area contributed by atoms with Crippen LogP contribution in [0.3, 0.4) is 0 Å². The number of hydrogen-bond acceptors (Lipinski definition) is 1. The number of rotatable bonds is 5. The van der Waals surface area contributed by atoms with E-state index in [1.807, 2.05) is 18.2 Å². The van der Waals surface area contributed by atoms with Crippen LogP contribution in [0, 0.1) is 5.82 Å². The van der Waals surface area contributed by atoms with Crippen LogP contribution in [0.4, 0.5) is 4.39 Å². The van der Waals surface area contributed by atoms with Crippen molar-refractivity contribution in [2.75, 3.05) is 0 Å². The molecular formula is C47H32FN3. The van der Waals surface area contributed by atoms with Gasteiger partial charge in [-0.05, 0) is 96.9 Å². The summed E-state index contributed by atoms with van der Waals surface area (Å²) in [5, 5.41) is 6.37. The van der Waals surface area contributed by atoms with Gasteiger partial charge in [0.15, 0.2) is 0 Å². The zero-order valence-electron chi connectivity index (χ0n) is 27.7. The minimum absolute atomic E-state index is 0.250. The van der Waals surface area contributed by atoms with Crippen molar-refractivity contribution in [2.45, 2.75) is 12.3 Å². The van der Waals surface area contributed by atoms with Crippen molar-refractivity contribution in [1.29, 1.82) is 0 Å². The quantitative estimate of drug-likeness (QED) is 0.181. The lowest BCUT2D eigenvalue weighted by Crippen LogP contribution is -2.31. The number of benzene rings is 6. The van der Waals surface area contributed by atoms with Gasteiger partial charge in [0.2, 0.25) is 0 Å². The Morgan fingerprint density at radius 1 is 0.510 bits per heavy atom. The zero-order valence-corrected chi connectivity index (χ0v) is 27.7. The molecule has 1 aliphatic rings. The predicted octanol–water partition coefficient (Wildman–Crippen LogP) is 10.3. The molecule has 10 rings (SSSR count). The van der Waals surface area contributed by atoms with Crippen LogP contribution in [0.1, 0.15) is 17.9 Å². The van der Waals surface area contributed by atoms with E-state index in [9.17, 15) is 4.39 Å². The van der Waals surface area contributed by atoms with E-state index in [1.165, 1.54) is 66.7 Å². The number of para-hydroxylation sites is 3. The van der Waals surface area contributed by atoms with Crippen LogP contribution >= 0.6 is 0 Å². The highest BCUT2D eigenvalue weighted by atomic mass is 19.1. The van der Waals surface area contributed by atoms with Crippen molar-refractivity contribution in [3.8, 4) is 33.9 Å². The third kappa shape index (κ3) is 4.91. The van der Waals surface area contributed by atoms with Crippen LogP contribution < -0.4 is 10.6 Å². The Balaban J connectivity index is 1.04. The van der Waals surface area contributed by atoms with Crippen molar-refractivity contribution in [3.63, 3.8) is 0 Å². The summed E-state index contributed by atoms with van der Waals surface area (Å²) >= 11 is 0. The molecular weight excluding hydrogens is 626 g/mol. The fraction of sp³-hybridized carbons (Fsp3) is 0.0426. The number of halogens is 1. The average molecular weight is 658 g/mol. The molecule has 242 valence electrons. The Hall–Kier alpha value is -6.52. The smallest absolute Gasteiger partial charge is 0.123 e. The van der Waals surface area contributed by atoms with Gasteiger partial charge in [0.05, 0.1) is 27.9 Å². The van der Waals surface area contributed by atoms with Crippen LogP contribution in [-0.4, -0.2) is 14.1 Å². The van der Waals surface area contributed by atoms with Crippen LogP contribution in [0.2, 0.25) is 0 Å². The molecule has 1 unspecified atom stereocenters. The summed E-state index contributed by atoms with van der Waals surface area (Å²) < 4.78 is 18.3. The molecule has 1 atom stereocenters. The first-order valence-electron chi connectivity index (χ1n) is 17.4. The zero-order chi connectivity index (χ0) is 33.9. The van der Waals surface area contributed by atoms with Gasteiger partial charge in [-0.3, -0.25) is 0 Å². The van der Waals surface area contributed by atoms with E-state index in [2.05, 4.69) is 143 Å². The van der Waals surface area contributed by atoms with E-state index in [-0.39, 0.29) is 11.7 Å². The van der Waals surface area contributed by atoms with E-state index in [1.54, 1.807) is 12.1 Å². The normalized spacial score (nSPS) is 14.0. The summed E-state index contributed by atoms with van der Waals surface area (Å²) in [7, 11) is 0. The van der Waals surface area contributed by atoms with Crippen molar-refractivity contribution in [3.05, 3.63) is 186 Å². The SMILES string of the molecule is Fc1ccc(-c2cccc(-c3ccc(-n4c5ccccc5c5cc(C6C=c7c(n(-c8ccccc8)c8ccccc78)=CC6)ccc54)cc3)n2)cc1. The van der Waals surface area contributed by atoms with Crippen molar-refractivity contribution >= 4 is 44.9 Å². The molecule has 1 aliphatic carbocycles. The highest BCUT2D eigenvalue weighted by Gasteiger charge is 2.19. The number of fused-ring (bicyclic) bond motifs is 6. The lowest BCUT2D eigenvalue weighted by atomic mass is 9.90. The Morgan fingerprint density at radius 3 is 1.86 bits per heavy atom. The summed E-state index contributed by atoms with van der Waals surface area (Å²) in [5.74, 6) is 0.0242. The first-order chi connectivity index (χ1) is 25.2. The van der Waals surface area contributed by atoms with E-state index < -0.39 is 0 Å². The molecule has 0 saturated heterocycles. The van der Waals surface area contributed by atoms with Gasteiger partial charge in [0.1, 0.15) is 5.82 Å². The maximum atomic E-state index is 13.5. The largest absolute Gasteiger partial charge is 0.310 e. The van der Waals surface area contributed by atoms with Crippen molar-refractivity contribution < 1.29 is 4.39 Å². The number of nitrogens with zero attached hydrogens (tertiary/aromatic N) is 3. The van der Waals surface area contributed by atoms with Crippen LogP contribution in [0.15, 0.2) is 164 Å². The molecule has 0 aliphatic heterocycles. The van der Waals surface area contributed by atoms with Gasteiger partial charge >= 0.3 is 0 Å². The second kappa shape index (κ2) is 11.8. The standard InChI is InChI=1S/C47H32FN3/c48-35-23-17-31(18-24-35)42-13-8-14-43(49-42)32-19-25-37(26-20-32)51-45-16-7-5-12-39(45)41-30-34(22-28-47(41)51)33-21-27-46-40(29-33)38-11-4-6-15-44(38)50(46)36-9-2-1-3-10-36/h1-20,22-30,33H,21H2. The van der Waals surface area contributed by atoms with Crippen molar-refractivity contribution in [2.24, 2.45) is 0 Å². The van der Waals surface area contributed by atoms with E-state index >= 15 is 0 Å². The molecule has 3 aromatic heterocycles. The highest BCUT2D eigenvalue weighted by Crippen LogP contribution is 2.36. The maximum Gasteiger partial charge on any atom is 0.123 e. The number of hydrogen-bond donors (Lipinski definition) is 0. The Morgan fingerprint density at radius 2 is 1.12 bits per heavy atom. The predicted molar refractivity (Wildman–Crippen MR) is 208 cm³/mol. The summed E-state index contributed by atoms with van der Waals surface area (Å²) in [6.45, 7) is 0. The van der Waals surface area contributed by atoms with Crippen LogP contribution in [0.25, 0.3) is 78.8 Å². The van der Waals surface area contributed by atoms with Gasteiger partial charge in [-0.1, -0.05) is 91.0 Å². The van der Waals surface area contributed by atoms with E-state index in [0.29, 0.717) is 0 Å². The first-order valence-corrected chi connectivity index (χ1v) is 17.4. The van der Waals surface area contributed by atoms with Crippen LogP contribution in [-0.2, 0) is 0 Å². The Kier molecular flexibility index (Phi) is 6.81. The molecule has 0 bridgehead atoms. The minimum atomic E-state index is -0.250. The van der Waals surface area contributed by atoms with Crippen LogP contribution in [0.5, 0.6) is 0 Å². The average Bonchev–Trinajstić information content (AvgIpc) is 3.71. The topological polar surface area (TPSA) is 22.8 Å². The van der Waals surface area contributed by atoms with Gasteiger partial charge in [-0.2, -0.15) is 0 Å². The summed E-state index contributed by atoms with van der Waals surface area (Å²) in [6.07, 6.45) is 5.85. The fourth-order valence-electron chi connectivity index (χ4n) is 7.91. The summed E-state index contributed by atoms with van der Waals surface area (Å²) in [4.78, 5) is 4.90. The monoisotopic (exact) mass is 657 g/mol. The highest BCUT2D eigenvalue weighted by molar-refractivity contribution is 6.09. The molecule has 4 heteroatoms. The molecule has 0 fully saturated rings. The minimum Gasteiger partial charge on any atom is -0.310 e. The van der Waals surface area contributed by atoms with Gasteiger partial charge in [-0.25, -0.2) is 9.37 Å². The van der Waals surface area contributed by atoms with E-state index in [4.69, 9.17) is 4.98 Å². The van der Waals surface area contributed by atoms with Gasteiger partial charge in [0.25, 0.3) is 0 Å². The lowest BCUT2D eigenvalue weighted by Gasteiger charge is -2.15. The van der Waals surface area contributed by atoms with Crippen molar-refractivity contribution in [1.82, 2.24) is 14.1 Å². The molecule has 0 spiro atoms. The third-order valence-corrected chi connectivity index (χ3v) is 10.3. The Labute approximate surface area is 294 Å². The van der Waals surface area contributed by atoms with Gasteiger partial charge < -0.3 is 9.13 Å². The molecule has 51 heavy (non-hydrogen) atoms. The summed E-state index contributed by atoms with van der Waals surface area (Å²) in [6, 6.07) is 56.2. The third-order valence-electron chi connectivity index (χ3n) is 10.3. The molecule has 9 aromatic rings. The molecule has 3 heterocycles. The second-order valence-corrected chi connectivity index (χ2v) is 13.3. The van der Waals surface area contributed by atoms with Gasteiger partial charge in [0, 0.05) is 55.1 Å². The molecule has 0 saturated carbocycles. The maximum absolute atomic E-state index is 13.5.